The lowest BCUT2D eigenvalue weighted by molar-refractivity contribution is -0.384. The average Bonchev–Trinajstić information content (AvgIpc) is 3.03. The van der Waals surface area contributed by atoms with Crippen LogP contribution in [0.4, 0.5) is 5.69 Å². The summed E-state index contributed by atoms with van der Waals surface area (Å²) in [5.74, 6) is 1.32. The zero-order valence-corrected chi connectivity index (χ0v) is 13.4. The first kappa shape index (κ1) is 15.9. The molecule has 1 aromatic heterocycles. The van der Waals surface area contributed by atoms with Crippen LogP contribution in [0.3, 0.4) is 0 Å². The molecule has 8 heteroatoms. The van der Waals surface area contributed by atoms with Gasteiger partial charge in [-0.1, -0.05) is 16.8 Å². The number of nitro benzene ring substituents is 1. The van der Waals surface area contributed by atoms with Crippen molar-refractivity contribution in [2.45, 2.75) is 13.5 Å². The second-order valence-electron chi connectivity index (χ2n) is 5.01. The number of ether oxygens (including phenoxy) is 1. The predicted molar refractivity (Wildman–Crippen MR) is 86.9 cm³/mol. The van der Waals surface area contributed by atoms with Crippen LogP contribution < -0.4 is 4.74 Å². The van der Waals surface area contributed by atoms with E-state index in [0.29, 0.717) is 28.1 Å². The van der Waals surface area contributed by atoms with Gasteiger partial charge < -0.3 is 9.26 Å². The number of aromatic nitrogens is 2. The second kappa shape index (κ2) is 6.67. The van der Waals surface area contributed by atoms with Crippen LogP contribution in [0, 0.1) is 17.0 Å². The van der Waals surface area contributed by atoms with E-state index in [-0.39, 0.29) is 12.3 Å². The Morgan fingerprint density at radius 3 is 2.67 bits per heavy atom. The first-order valence-corrected chi connectivity index (χ1v) is 7.37. The number of aryl methyl sites for hydroxylation is 1. The minimum absolute atomic E-state index is 0.00372. The molecule has 0 aliphatic heterocycles. The van der Waals surface area contributed by atoms with Crippen molar-refractivity contribution in [3.8, 4) is 17.1 Å². The molecule has 2 aromatic carbocycles. The molecule has 0 aliphatic rings. The molecule has 0 atom stereocenters. The monoisotopic (exact) mass is 345 g/mol. The molecule has 122 valence electrons. The van der Waals surface area contributed by atoms with Crippen molar-refractivity contribution in [3.05, 3.63) is 69.1 Å². The second-order valence-corrected chi connectivity index (χ2v) is 5.45. The van der Waals surface area contributed by atoms with Crippen LogP contribution >= 0.6 is 11.6 Å². The van der Waals surface area contributed by atoms with Crippen molar-refractivity contribution in [2.75, 3.05) is 0 Å². The molecule has 0 fully saturated rings. The zero-order chi connectivity index (χ0) is 17.1. The Labute approximate surface area is 142 Å². The Kier molecular flexibility index (Phi) is 4.43. The molecular weight excluding hydrogens is 334 g/mol. The summed E-state index contributed by atoms with van der Waals surface area (Å²) >= 11 is 5.90. The van der Waals surface area contributed by atoms with Crippen LogP contribution in [0.25, 0.3) is 11.4 Å². The number of hydrogen-bond acceptors (Lipinski definition) is 6. The van der Waals surface area contributed by atoms with Gasteiger partial charge in [-0.3, -0.25) is 10.1 Å². The molecule has 3 rings (SSSR count). The van der Waals surface area contributed by atoms with Crippen molar-refractivity contribution in [3.63, 3.8) is 0 Å². The van der Waals surface area contributed by atoms with Gasteiger partial charge in [0.2, 0.25) is 5.82 Å². The highest BCUT2D eigenvalue weighted by Crippen LogP contribution is 2.23. The van der Waals surface area contributed by atoms with Gasteiger partial charge in [-0.2, -0.15) is 4.98 Å². The molecule has 0 bridgehead atoms. The maximum atomic E-state index is 10.7. The van der Waals surface area contributed by atoms with E-state index in [0.717, 1.165) is 5.56 Å². The highest BCUT2D eigenvalue weighted by atomic mass is 35.5. The molecule has 24 heavy (non-hydrogen) atoms. The topological polar surface area (TPSA) is 91.3 Å². The van der Waals surface area contributed by atoms with E-state index in [4.69, 9.17) is 20.9 Å². The standard InChI is InChI=1S/C16H12ClN3O4/c1-10-8-12(17)4-7-14(10)23-9-15-18-16(19-24-15)11-2-5-13(6-3-11)20(21)22/h2-8H,9H2,1H3. The van der Waals surface area contributed by atoms with Crippen molar-refractivity contribution in [1.29, 1.82) is 0 Å². The first-order chi connectivity index (χ1) is 11.5. The third-order valence-corrected chi connectivity index (χ3v) is 3.53. The summed E-state index contributed by atoms with van der Waals surface area (Å²) in [7, 11) is 0. The van der Waals surface area contributed by atoms with E-state index >= 15 is 0 Å². The molecule has 0 spiro atoms. The maximum absolute atomic E-state index is 10.7. The highest BCUT2D eigenvalue weighted by Gasteiger charge is 2.12. The van der Waals surface area contributed by atoms with Gasteiger partial charge >= 0.3 is 0 Å². The fourth-order valence-electron chi connectivity index (χ4n) is 2.08. The minimum atomic E-state index is -0.465. The molecule has 1 heterocycles. The number of halogens is 1. The fourth-order valence-corrected chi connectivity index (χ4v) is 2.30. The Bertz CT molecular complexity index is 877. The summed E-state index contributed by atoms with van der Waals surface area (Å²) in [6.45, 7) is 2.00. The molecule has 0 unspecified atom stereocenters. The molecule has 7 nitrogen and oxygen atoms in total. The molecule has 0 N–H and O–H groups in total. The summed E-state index contributed by atoms with van der Waals surface area (Å²) in [5.41, 5.74) is 1.53. The largest absolute Gasteiger partial charge is 0.483 e. The molecular formula is C16H12ClN3O4. The van der Waals surface area contributed by atoms with Crippen LogP contribution in [0.2, 0.25) is 5.02 Å². The minimum Gasteiger partial charge on any atom is -0.483 e. The first-order valence-electron chi connectivity index (χ1n) is 6.99. The van der Waals surface area contributed by atoms with Gasteiger partial charge in [0, 0.05) is 22.7 Å². The van der Waals surface area contributed by atoms with Crippen molar-refractivity contribution in [1.82, 2.24) is 10.1 Å². The number of rotatable bonds is 5. The third-order valence-electron chi connectivity index (χ3n) is 3.29. The molecule has 0 aliphatic carbocycles. The Balaban J connectivity index is 1.70. The Morgan fingerprint density at radius 1 is 1.25 bits per heavy atom. The molecule has 0 saturated carbocycles. The van der Waals surface area contributed by atoms with E-state index in [2.05, 4.69) is 10.1 Å². The van der Waals surface area contributed by atoms with Gasteiger partial charge in [0.15, 0.2) is 6.61 Å². The SMILES string of the molecule is Cc1cc(Cl)ccc1OCc1nc(-c2ccc([N+](=O)[O-])cc2)no1. The maximum Gasteiger partial charge on any atom is 0.269 e. The van der Waals surface area contributed by atoms with Crippen molar-refractivity contribution >= 4 is 17.3 Å². The van der Waals surface area contributed by atoms with E-state index in [1.807, 2.05) is 6.92 Å². The van der Waals surface area contributed by atoms with Gasteiger partial charge in [0.1, 0.15) is 5.75 Å². The van der Waals surface area contributed by atoms with Gasteiger partial charge in [-0.15, -0.1) is 0 Å². The van der Waals surface area contributed by atoms with Crippen LogP contribution in [-0.4, -0.2) is 15.1 Å². The van der Waals surface area contributed by atoms with Crippen LogP contribution in [0.1, 0.15) is 11.5 Å². The number of hydrogen-bond donors (Lipinski definition) is 0. The summed E-state index contributed by atoms with van der Waals surface area (Å²) in [6.07, 6.45) is 0. The number of nitrogens with zero attached hydrogens (tertiary/aromatic N) is 3. The number of non-ortho nitro benzene ring substituents is 1. The van der Waals surface area contributed by atoms with E-state index in [1.165, 1.54) is 12.1 Å². The summed E-state index contributed by atoms with van der Waals surface area (Å²) in [6, 6.07) is 11.2. The molecule has 0 radical (unpaired) electrons. The lowest BCUT2D eigenvalue weighted by Gasteiger charge is -2.06. The Hall–Kier alpha value is -2.93. The predicted octanol–water partition coefficient (Wildman–Crippen LogP) is 4.19. The third kappa shape index (κ3) is 3.52. The number of benzene rings is 2. The Morgan fingerprint density at radius 2 is 2.00 bits per heavy atom. The van der Waals surface area contributed by atoms with E-state index < -0.39 is 4.92 Å². The van der Waals surface area contributed by atoms with Gasteiger partial charge in [0.05, 0.1) is 4.92 Å². The molecule has 0 amide bonds. The summed E-state index contributed by atoms with van der Waals surface area (Å²) in [4.78, 5) is 14.4. The lowest BCUT2D eigenvalue weighted by atomic mass is 10.2. The highest BCUT2D eigenvalue weighted by molar-refractivity contribution is 6.30. The van der Waals surface area contributed by atoms with Crippen LogP contribution in [-0.2, 0) is 6.61 Å². The van der Waals surface area contributed by atoms with Crippen molar-refractivity contribution < 1.29 is 14.2 Å². The average molecular weight is 346 g/mol. The van der Waals surface area contributed by atoms with Crippen LogP contribution in [0.5, 0.6) is 5.75 Å². The zero-order valence-electron chi connectivity index (χ0n) is 12.6. The number of nitro groups is 1. The van der Waals surface area contributed by atoms with Gasteiger partial charge in [-0.05, 0) is 42.8 Å². The van der Waals surface area contributed by atoms with E-state index in [9.17, 15) is 10.1 Å². The van der Waals surface area contributed by atoms with Gasteiger partial charge in [0.25, 0.3) is 11.6 Å². The summed E-state index contributed by atoms with van der Waals surface area (Å²) in [5, 5.41) is 15.1. The molecule has 0 saturated heterocycles. The smallest absolute Gasteiger partial charge is 0.269 e. The normalized spacial score (nSPS) is 10.6. The quantitative estimate of drug-likeness (QED) is 0.508. The van der Waals surface area contributed by atoms with Gasteiger partial charge in [-0.25, -0.2) is 0 Å². The lowest BCUT2D eigenvalue weighted by Crippen LogP contribution is -1.97. The van der Waals surface area contributed by atoms with Crippen LogP contribution in [0.15, 0.2) is 47.0 Å². The fraction of sp³-hybridized carbons (Fsp3) is 0.125. The van der Waals surface area contributed by atoms with Crippen molar-refractivity contribution in [2.24, 2.45) is 0 Å². The van der Waals surface area contributed by atoms with E-state index in [1.54, 1.807) is 30.3 Å². The molecule has 3 aromatic rings. The summed E-state index contributed by atoms with van der Waals surface area (Å²) < 4.78 is 10.8.